The number of benzene rings is 2. The maximum Gasteiger partial charge on any atom is 0.271 e. The lowest BCUT2D eigenvalue weighted by atomic mass is 10.2. The van der Waals surface area contributed by atoms with Gasteiger partial charge in [-0.2, -0.15) is 5.26 Å². The highest BCUT2D eigenvalue weighted by atomic mass is 35.5. The maximum atomic E-state index is 12.0. The van der Waals surface area contributed by atoms with Crippen LogP contribution in [0.1, 0.15) is 5.56 Å². The normalized spacial score (nSPS) is 9.80. The second-order valence-electron chi connectivity index (χ2n) is 4.74. The number of non-ortho nitro benzene ring substituents is 1. The average Bonchev–Trinajstić information content (AvgIpc) is 2.61. The third-order valence-corrected chi connectivity index (χ3v) is 3.40. The van der Waals surface area contributed by atoms with Gasteiger partial charge in [-0.25, -0.2) is 0 Å². The molecule has 1 amide bonds. The molecule has 9 heteroatoms. The van der Waals surface area contributed by atoms with Gasteiger partial charge in [0.1, 0.15) is 0 Å². The number of amides is 1. The van der Waals surface area contributed by atoms with Crippen LogP contribution < -0.4 is 14.8 Å². The fourth-order valence-electron chi connectivity index (χ4n) is 1.90. The third kappa shape index (κ3) is 4.59. The van der Waals surface area contributed by atoms with E-state index in [0.717, 1.165) is 6.07 Å². The molecule has 1 N–H and O–H groups in total. The second-order valence-corrected chi connectivity index (χ2v) is 5.14. The van der Waals surface area contributed by atoms with Gasteiger partial charge >= 0.3 is 0 Å². The first-order valence-electron chi connectivity index (χ1n) is 6.89. The molecule has 0 radical (unpaired) electrons. The first kappa shape index (κ1) is 18.0. The van der Waals surface area contributed by atoms with Crippen molar-refractivity contribution >= 4 is 28.9 Å². The number of hydrogen-bond donors (Lipinski definition) is 1. The van der Waals surface area contributed by atoms with Gasteiger partial charge in [0.25, 0.3) is 11.6 Å². The second kappa shape index (κ2) is 7.99. The van der Waals surface area contributed by atoms with E-state index in [0.29, 0.717) is 17.1 Å². The minimum atomic E-state index is -0.586. The van der Waals surface area contributed by atoms with Crippen LogP contribution in [0, 0.1) is 21.4 Å². The monoisotopic (exact) mass is 361 g/mol. The number of nitro groups is 1. The number of carbonyl (C=O) groups is 1. The molecule has 0 aromatic heterocycles. The minimum Gasteiger partial charge on any atom is -0.493 e. The quantitative estimate of drug-likeness (QED) is 0.624. The number of halogens is 1. The van der Waals surface area contributed by atoms with Gasteiger partial charge in [-0.15, -0.1) is 0 Å². The Morgan fingerprint density at radius 1 is 1.32 bits per heavy atom. The lowest BCUT2D eigenvalue weighted by molar-refractivity contribution is -0.384. The van der Waals surface area contributed by atoms with E-state index in [9.17, 15) is 14.9 Å². The predicted octanol–water partition coefficient (Wildman–Crippen LogP) is 3.15. The van der Waals surface area contributed by atoms with Crippen LogP contribution >= 0.6 is 11.6 Å². The van der Waals surface area contributed by atoms with Crippen LogP contribution in [0.2, 0.25) is 5.02 Å². The molecule has 0 aliphatic carbocycles. The summed E-state index contributed by atoms with van der Waals surface area (Å²) in [4.78, 5) is 22.0. The Balaban J connectivity index is 2.02. The van der Waals surface area contributed by atoms with E-state index in [1.807, 2.05) is 6.07 Å². The SMILES string of the molecule is COc1cc(C#N)ccc1OCC(=O)Nc1ccc([N+](=O)[O-])cc1Cl. The standard InChI is InChI=1S/C16H12ClN3O5/c1-24-15-6-10(8-18)2-5-14(15)25-9-16(21)19-13-4-3-11(20(22)23)7-12(13)17/h2-7H,9H2,1H3,(H,19,21). The number of methoxy groups -OCH3 is 1. The van der Waals surface area contributed by atoms with Crippen molar-refractivity contribution in [3.05, 3.63) is 57.1 Å². The fraction of sp³-hybridized carbons (Fsp3) is 0.125. The number of nitriles is 1. The van der Waals surface area contributed by atoms with Crippen LogP contribution in [-0.2, 0) is 4.79 Å². The van der Waals surface area contributed by atoms with Crippen LogP contribution in [0.25, 0.3) is 0 Å². The molecule has 0 unspecified atom stereocenters. The highest BCUT2D eigenvalue weighted by Crippen LogP contribution is 2.28. The van der Waals surface area contributed by atoms with Gasteiger partial charge in [0.15, 0.2) is 18.1 Å². The van der Waals surface area contributed by atoms with Crippen molar-refractivity contribution in [1.82, 2.24) is 0 Å². The molecule has 8 nitrogen and oxygen atoms in total. The highest BCUT2D eigenvalue weighted by molar-refractivity contribution is 6.34. The van der Waals surface area contributed by atoms with Gasteiger partial charge in [0.2, 0.25) is 0 Å². The molecule has 0 bridgehead atoms. The number of carbonyl (C=O) groups excluding carboxylic acids is 1. The van der Waals surface area contributed by atoms with Crippen molar-refractivity contribution in [2.45, 2.75) is 0 Å². The van der Waals surface area contributed by atoms with E-state index in [2.05, 4.69) is 5.32 Å². The first-order chi connectivity index (χ1) is 11.9. The largest absolute Gasteiger partial charge is 0.493 e. The molecule has 0 aliphatic heterocycles. The van der Waals surface area contributed by atoms with Crippen molar-refractivity contribution in [2.24, 2.45) is 0 Å². The lowest BCUT2D eigenvalue weighted by Gasteiger charge is -2.11. The Kier molecular flexibility index (Phi) is 5.76. The topological polar surface area (TPSA) is 114 Å². The van der Waals surface area contributed by atoms with Crippen molar-refractivity contribution in [1.29, 1.82) is 5.26 Å². The number of anilines is 1. The van der Waals surface area contributed by atoms with Gasteiger partial charge in [-0.3, -0.25) is 14.9 Å². The molecule has 0 heterocycles. The van der Waals surface area contributed by atoms with Gasteiger partial charge in [0.05, 0.1) is 34.4 Å². The Bertz CT molecular complexity index is 863. The van der Waals surface area contributed by atoms with Crippen molar-refractivity contribution in [3.63, 3.8) is 0 Å². The van der Waals surface area contributed by atoms with Crippen LogP contribution in [0.4, 0.5) is 11.4 Å². The van der Waals surface area contributed by atoms with Gasteiger partial charge in [-0.1, -0.05) is 11.6 Å². The number of nitro benzene ring substituents is 1. The fourth-order valence-corrected chi connectivity index (χ4v) is 2.13. The van der Waals surface area contributed by atoms with E-state index >= 15 is 0 Å². The number of ether oxygens (including phenoxy) is 2. The molecular formula is C16H12ClN3O5. The average molecular weight is 362 g/mol. The zero-order valence-corrected chi connectivity index (χ0v) is 13.7. The molecule has 128 valence electrons. The molecule has 0 atom stereocenters. The minimum absolute atomic E-state index is 0.0403. The lowest BCUT2D eigenvalue weighted by Crippen LogP contribution is -2.20. The third-order valence-electron chi connectivity index (χ3n) is 3.09. The van der Waals surface area contributed by atoms with Crippen LogP contribution in [-0.4, -0.2) is 24.5 Å². The number of nitrogens with one attached hydrogen (secondary N) is 1. The summed E-state index contributed by atoms with van der Waals surface area (Å²) in [5.41, 5.74) is 0.445. The van der Waals surface area contributed by atoms with E-state index in [-0.39, 0.29) is 23.0 Å². The van der Waals surface area contributed by atoms with Gasteiger partial charge in [-0.05, 0) is 18.2 Å². The molecule has 2 aromatic carbocycles. The maximum absolute atomic E-state index is 12.0. The molecule has 0 fully saturated rings. The summed E-state index contributed by atoms with van der Waals surface area (Å²) >= 11 is 5.91. The highest BCUT2D eigenvalue weighted by Gasteiger charge is 2.13. The molecule has 0 spiro atoms. The summed E-state index contributed by atoms with van der Waals surface area (Å²) in [6, 6.07) is 10.2. The smallest absolute Gasteiger partial charge is 0.271 e. The van der Waals surface area contributed by atoms with Crippen LogP contribution in [0.3, 0.4) is 0 Å². The molecule has 0 saturated heterocycles. The molecule has 25 heavy (non-hydrogen) atoms. The summed E-state index contributed by atoms with van der Waals surface area (Å²) < 4.78 is 10.5. The number of rotatable bonds is 6. The summed E-state index contributed by atoms with van der Waals surface area (Å²) in [5, 5.41) is 22.0. The Hall–Kier alpha value is -3.31. The number of hydrogen-bond acceptors (Lipinski definition) is 6. The summed E-state index contributed by atoms with van der Waals surface area (Å²) in [7, 11) is 1.42. The summed E-state index contributed by atoms with van der Waals surface area (Å²) in [5.74, 6) is 0.105. The molecule has 0 aliphatic rings. The summed E-state index contributed by atoms with van der Waals surface area (Å²) in [6.45, 7) is -0.338. The van der Waals surface area contributed by atoms with E-state index in [1.165, 1.54) is 37.4 Å². The molecule has 2 aromatic rings. The zero-order chi connectivity index (χ0) is 18.4. The molecule has 0 saturated carbocycles. The van der Waals surface area contributed by atoms with Crippen molar-refractivity contribution in [2.75, 3.05) is 19.0 Å². The van der Waals surface area contributed by atoms with Gasteiger partial charge < -0.3 is 14.8 Å². The van der Waals surface area contributed by atoms with E-state index in [1.54, 1.807) is 0 Å². The number of nitrogens with zero attached hydrogens (tertiary/aromatic N) is 2. The molecule has 2 rings (SSSR count). The predicted molar refractivity (Wildman–Crippen MR) is 89.9 cm³/mol. The Labute approximate surface area is 147 Å². The Morgan fingerprint density at radius 2 is 2.08 bits per heavy atom. The summed E-state index contributed by atoms with van der Waals surface area (Å²) in [6.07, 6.45) is 0. The van der Waals surface area contributed by atoms with E-state index < -0.39 is 10.8 Å². The van der Waals surface area contributed by atoms with Gasteiger partial charge in [0, 0.05) is 18.2 Å². The van der Waals surface area contributed by atoms with Crippen LogP contribution in [0.5, 0.6) is 11.5 Å². The Morgan fingerprint density at radius 3 is 2.68 bits per heavy atom. The first-order valence-corrected chi connectivity index (χ1v) is 7.27. The zero-order valence-electron chi connectivity index (χ0n) is 13.0. The molecular weight excluding hydrogens is 350 g/mol. The van der Waals surface area contributed by atoms with E-state index in [4.69, 9.17) is 26.3 Å². The van der Waals surface area contributed by atoms with Crippen molar-refractivity contribution < 1.29 is 19.2 Å². The van der Waals surface area contributed by atoms with Crippen molar-refractivity contribution in [3.8, 4) is 17.6 Å². The van der Waals surface area contributed by atoms with Crippen LogP contribution in [0.15, 0.2) is 36.4 Å².